The SMILES string of the molecule is COC(=O)N1c2ccc(C3CC3)c(Oc3ccccc3)c2CC[C@@H]1C. The molecule has 1 heterocycles. The van der Waals surface area contributed by atoms with E-state index in [4.69, 9.17) is 9.47 Å². The molecule has 4 nitrogen and oxygen atoms in total. The highest BCUT2D eigenvalue weighted by Gasteiger charge is 2.35. The zero-order chi connectivity index (χ0) is 17.4. The predicted molar refractivity (Wildman–Crippen MR) is 97.6 cm³/mol. The number of fused-ring (bicyclic) bond motifs is 1. The van der Waals surface area contributed by atoms with Gasteiger partial charge < -0.3 is 9.47 Å². The Kier molecular flexibility index (Phi) is 4.12. The highest BCUT2D eigenvalue weighted by molar-refractivity contribution is 5.90. The minimum Gasteiger partial charge on any atom is -0.457 e. The van der Waals surface area contributed by atoms with Crippen LogP contribution in [0.3, 0.4) is 0 Å². The van der Waals surface area contributed by atoms with Crippen molar-refractivity contribution in [2.45, 2.75) is 44.6 Å². The molecule has 1 aliphatic heterocycles. The average molecular weight is 337 g/mol. The average Bonchev–Trinajstić information content (AvgIpc) is 3.47. The highest BCUT2D eigenvalue weighted by Crippen LogP contribution is 2.50. The molecule has 2 aromatic rings. The molecule has 2 aromatic carbocycles. The van der Waals surface area contributed by atoms with Crippen LogP contribution in [-0.4, -0.2) is 19.2 Å². The standard InChI is InChI=1S/C21H23NO3/c1-14-8-11-18-19(22(14)21(23)24-2)13-12-17(15-9-10-15)20(18)25-16-6-4-3-5-7-16/h3-7,12-15H,8-11H2,1-2H3/t14-/m0/s1. The number of carbonyl (C=O) groups is 1. The number of methoxy groups -OCH3 is 1. The number of carbonyl (C=O) groups excluding carboxylic acids is 1. The van der Waals surface area contributed by atoms with Crippen molar-refractivity contribution in [2.24, 2.45) is 0 Å². The van der Waals surface area contributed by atoms with Gasteiger partial charge in [0.25, 0.3) is 0 Å². The van der Waals surface area contributed by atoms with Crippen molar-refractivity contribution in [1.82, 2.24) is 0 Å². The first kappa shape index (κ1) is 16.0. The maximum absolute atomic E-state index is 12.3. The Balaban J connectivity index is 1.81. The summed E-state index contributed by atoms with van der Waals surface area (Å²) in [4.78, 5) is 14.1. The maximum atomic E-state index is 12.3. The molecule has 0 unspecified atom stereocenters. The number of hydrogen-bond donors (Lipinski definition) is 0. The monoisotopic (exact) mass is 337 g/mol. The summed E-state index contributed by atoms with van der Waals surface area (Å²) in [6, 6.07) is 14.2. The van der Waals surface area contributed by atoms with Crippen LogP contribution in [0.4, 0.5) is 10.5 Å². The summed E-state index contributed by atoms with van der Waals surface area (Å²) in [5, 5.41) is 0. The fourth-order valence-electron chi connectivity index (χ4n) is 3.64. The molecule has 1 fully saturated rings. The van der Waals surface area contributed by atoms with Gasteiger partial charge in [-0.3, -0.25) is 4.90 Å². The van der Waals surface area contributed by atoms with Crippen molar-refractivity contribution in [3.8, 4) is 11.5 Å². The molecule has 0 saturated heterocycles. The van der Waals surface area contributed by atoms with E-state index in [-0.39, 0.29) is 12.1 Å². The lowest BCUT2D eigenvalue weighted by molar-refractivity contribution is 0.175. The number of nitrogens with zero attached hydrogens (tertiary/aromatic N) is 1. The molecule has 130 valence electrons. The van der Waals surface area contributed by atoms with E-state index < -0.39 is 0 Å². The van der Waals surface area contributed by atoms with Crippen LogP contribution in [0.5, 0.6) is 11.5 Å². The second kappa shape index (κ2) is 6.43. The van der Waals surface area contributed by atoms with E-state index in [1.807, 2.05) is 30.3 Å². The quantitative estimate of drug-likeness (QED) is 0.766. The molecule has 0 N–H and O–H groups in total. The molecule has 1 atom stereocenters. The summed E-state index contributed by atoms with van der Waals surface area (Å²) >= 11 is 0. The highest BCUT2D eigenvalue weighted by atomic mass is 16.5. The van der Waals surface area contributed by atoms with E-state index in [2.05, 4.69) is 19.1 Å². The van der Waals surface area contributed by atoms with Crippen LogP contribution in [0.2, 0.25) is 0 Å². The van der Waals surface area contributed by atoms with Gasteiger partial charge in [-0.15, -0.1) is 0 Å². The largest absolute Gasteiger partial charge is 0.457 e. The first-order chi connectivity index (χ1) is 12.2. The van der Waals surface area contributed by atoms with E-state index in [0.29, 0.717) is 5.92 Å². The number of hydrogen-bond acceptors (Lipinski definition) is 3. The van der Waals surface area contributed by atoms with E-state index in [1.54, 1.807) is 4.90 Å². The molecule has 4 rings (SSSR count). The zero-order valence-electron chi connectivity index (χ0n) is 14.7. The van der Waals surface area contributed by atoms with Crippen LogP contribution in [-0.2, 0) is 11.2 Å². The third kappa shape index (κ3) is 2.97. The molecule has 4 heteroatoms. The Morgan fingerprint density at radius 2 is 1.84 bits per heavy atom. The molecule has 1 amide bonds. The van der Waals surface area contributed by atoms with Crippen LogP contribution < -0.4 is 9.64 Å². The van der Waals surface area contributed by atoms with E-state index in [9.17, 15) is 4.79 Å². The van der Waals surface area contributed by atoms with Crippen LogP contribution >= 0.6 is 0 Å². The van der Waals surface area contributed by atoms with Crippen LogP contribution in [0, 0.1) is 0 Å². The van der Waals surface area contributed by atoms with E-state index >= 15 is 0 Å². The molecule has 0 radical (unpaired) electrons. The third-order valence-electron chi connectivity index (χ3n) is 5.13. The van der Waals surface area contributed by atoms with Crippen molar-refractivity contribution in [2.75, 3.05) is 12.0 Å². The number of para-hydroxylation sites is 1. The topological polar surface area (TPSA) is 38.8 Å². The summed E-state index contributed by atoms with van der Waals surface area (Å²) in [5.74, 6) is 2.35. The van der Waals surface area contributed by atoms with Gasteiger partial charge in [0.1, 0.15) is 11.5 Å². The molecule has 0 aromatic heterocycles. The lowest BCUT2D eigenvalue weighted by Crippen LogP contribution is -2.42. The van der Waals surface area contributed by atoms with Gasteiger partial charge in [0.2, 0.25) is 0 Å². The number of ether oxygens (including phenoxy) is 2. The number of benzene rings is 2. The van der Waals surface area contributed by atoms with Crippen molar-refractivity contribution >= 4 is 11.8 Å². The molecule has 1 saturated carbocycles. The van der Waals surface area contributed by atoms with Gasteiger partial charge in [0, 0.05) is 11.6 Å². The molecular formula is C21H23NO3. The van der Waals surface area contributed by atoms with Gasteiger partial charge in [-0.25, -0.2) is 4.79 Å². The Morgan fingerprint density at radius 3 is 2.52 bits per heavy atom. The second-order valence-corrected chi connectivity index (χ2v) is 6.90. The second-order valence-electron chi connectivity index (χ2n) is 6.90. The van der Waals surface area contributed by atoms with Crippen molar-refractivity contribution < 1.29 is 14.3 Å². The van der Waals surface area contributed by atoms with Gasteiger partial charge in [-0.2, -0.15) is 0 Å². The molecule has 2 aliphatic rings. The number of anilines is 1. The molecular weight excluding hydrogens is 314 g/mol. The normalized spacial score (nSPS) is 19.3. The fraction of sp³-hybridized carbons (Fsp3) is 0.381. The van der Waals surface area contributed by atoms with Gasteiger partial charge >= 0.3 is 6.09 Å². The molecule has 0 bridgehead atoms. The Hall–Kier alpha value is -2.49. The Labute approximate surface area is 148 Å². The number of amides is 1. The molecule has 1 aliphatic carbocycles. The Bertz CT molecular complexity index is 783. The van der Waals surface area contributed by atoms with E-state index in [1.165, 1.54) is 25.5 Å². The minimum absolute atomic E-state index is 0.122. The third-order valence-corrected chi connectivity index (χ3v) is 5.13. The summed E-state index contributed by atoms with van der Waals surface area (Å²) in [5.41, 5.74) is 3.31. The maximum Gasteiger partial charge on any atom is 0.414 e. The summed E-state index contributed by atoms with van der Waals surface area (Å²) in [6.07, 6.45) is 3.93. The predicted octanol–water partition coefficient (Wildman–Crippen LogP) is 5.26. The van der Waals surface area contributed by atoms with Crippen LogP contribution in [0.25, 0.3) is 0 Å². The van der Waals surface area contributed by atoms with Gasteiger partial charge in [0.05, 0.1) is 12.8 Å². The summed E-state index contributed by atoms with van der Waals surface area (Å²) in [7, 11) is 1.43. The van der Waals surface area contributed by atoms with Crippen LogP contribution in [0.1, 0.15) is 43.2 Å². The van der Waals surface area contributed by atoms with Crippen LogP contribution in [0.15, 0.2) is 42.5 Å². The van der Waals surface area contributed by atoms with Gasteiger partial charge in [0.15, 0.2) is 0 Å². The zero-order valence-corrected chi connectivity index (χ0v) is 14.7. The van der Waals surface area contributed by atoms with Gasteiger partial charge in [-0.1, -0.05) is 24.3 Å². The van der Waals surface area contributed by atoms with Crippen molar-refractivity contribution in [1.29, 1.82) is 0 Å². The summed E-state index contributed by atoms with van der Waals surface area (Å²) < 4.78 is 11.3. The Morgan fingerprint density at radius 1 is 1.08 bits per heavy atom. The number of rotatable bonds is 3. The smallest absolute Gasteiger partial charge is 0.414 e. The van der Waals surface area contributed by atoms with Crippen molar-refractivity contribution in [3.63, 3.8) is 0 Å². The first-order valence-electron chi connectivity index (χ1n) is 8.95. The minimum atomic E-state index is -0.307. The van der Waals surface area contributed by atoms with Gasteiger partial charge in [-0.05, 0) is 62.3 Å². The molecule has 0 spiro atoms. The molecule has 25 heavy (non-hydrogen) atoms. The fourth-order valence-corrected chi connectivity index (χ4v) is 3.64. The summed E-state index contributed by atoms with van der Waals surface area (Å²) in [6.45, 7) is 2.06. The first-order valence-corrected chi connectivity index (χ1v) is 8.95. The van der Waals surface area contributed by atoms with Crippen molar-refractivity contribution in [3.05, 3.63) is 53.6 Å². The lowest BCUT2D eigenvalue weighted by atomic mass is 9.92. The van der Waals surface area contributed by atoms with E-state index in [0.717, 1.165) is 35.6 Å². The lowest BCUT2D eigenvalue weighted by Gasteiger charge is -2.35.